The standard InChI is InChI=1S/C25H30N4O2/c1-29(2)15-19-12-17(24-26-10-3-11-27-24)4-7-22(19)31-16-23(30)28-14-18-13-20-5-6-21(18)25(20)8-9-25/h3-7,10-12,18,20-21H,8-9,13-16H2,1-2H3,(H,28,30). The van der Waals surface area contributed by atoms with Crippen LogP contribution in [0.1, 0.15) is 24.8 Å². The molecule has 1 N–H and O–H groups in total. The number of allylic oxidation sites excluding steroid dienone is 2. The Bertz CT molecular complexity index is 984. The van der Waals surface area contributed by atoms with E-state index in [-0.39, 0.29) is 12.5 Å². The van der Waals surface area contributed by atoms with Crippen molar-refractivity contribution >= 4 is 5.91 Å². The number of benzene rings is 1. The van der Waals surface area contributed by atoms with Crippen molar-refractivity contribution in [3.05, 3.63) is 54.4 Å². The molecule has 3 aliphatic carbocycles. The van der Waals surface area contributed by atoms with E-state index >= 15 is 0 Å². The summed E-state index contributed by atoms with van der Waals surface area (Å²) in [5.74, 6) is 3.34. The fourth-order valence-corrected chi connectivity index (χ4v) is 5.57. The minimum atomic E-state index is -0.0529. The van der Waals surface area contributed by atoms with Gasteiger partial charge in [-0.2, -0.15) is 0 Å². The molecule has 1 aromatic heterocycles. The zero-order valence-corrected chi connectivity index (χ0v) is 18.3. The smallest absolute Gasteiger partial charge is 0.257 e. The maximum atomic E-state index is 12.5. The lowest BCUT2D eigenvalue weighted by atomic mass is 9.89. The predicted molar refractivity (Wildman–Crippen MR) is 119 cm³/mol. The van der Waals surface area contributed by atoms with Gasteiger partial charge in [-0.3, -0.25) is 4.79 Å². The van der Waals surface area contributed by atoms with Crippen LogP contribution in [0, 0.1) is 23.2 Å². The van der Waals surface area contributed by atoms with Crippen LogP contribution in [0.5, 0.6) is 5.75 Å². The van der Waals surface area contributed by atoms with Gasteiger partial charge in [0.05, 0.1) is 0 Å². The lowest BCUT2D eigenvalue weighted by molar-refractivity contribution is -0.123. The molecule has 2 fully saturated rings. The fraction of sp³-hybridized carbons (Fsp3) is 0.480. The third kappa shape index (κ3) is 3.97. The number of amides is 1. The molecular weight excluding hydrogens is 388 g/mol. The molecule has 6 nitrogen and oxygen atoms in total. The number of carbonyl (C=O) groups excluding carboxylic acids is 1. The molecule has 3 atom stereocenters. The summed E-state index contributed by atoms with van der Waals surface area (Å²) < 4.78 is 5.93. The van der Waals surface area contributed by atoms with Gasteiger partial charge >= 0.3 is 0 Å². The highest BCUT2D eigenvalue weighted by Gasteiger charge is 2.62. The number of nitrogens with zero attached hydrogens (tertiary/aromatic N) is 3. The molecule has 1 heterocycles. The van der Waals surface area contributed by atoms with Crippen LogP contribution in [0.25, 0.3) is 11.4 Å². The molecule has 1 spiro atoms. The summed E-state index contributed by atoms with van der Waals surface area (Å²) in [4.78, 5) is 23.2. The SMILES string of the molecule is CN(C)Cc1cc(-c2ncccn2)ccc1OCC(=O)NCC1CC2C=CC1C21CC1. The van der Waals surface area contributed by atoms with E-state index in [9.17, 15) is 4.79 Å². The Hall–Kier alpha value is -2.73. The molecular formula is C25H30N4O2. The van der Waals surface area contributed by atoms with Crippen molar-refractivity contribution in [2.24, 2.45) is 23.2 Å². The Balaban J connectivity index is 1.19. The van der Waals surface area contributed by atoms with E-state index in [0.717, 1.165) is 29.3 Å². The first-order chi connectivity index (χ1) is 15.0. The molecule has 0 aliphatic heterocycles. The van der Waals surface area contributed by atoms with Crippen LogP contribution in [0.2, 0.25) is 0 Å². The first-order valence-corrected chi connectivity index (χ1v) is 11.2. The Morgan fingerprint density at radius 3 is 2.74 bits per heavy atom. The summed E-state index contributed by atoms with van der Waals surface area (Å²) in [5.41, 5.74) is 2.52. The van der Waals surface area contributed by atoms with Gasteiger partial charge in [0, 0.05) is 36.6 Å². The Morgan fingerprint density at radius 1 is 1.23 bits per heavy atom. The molecule has 0 radical (unpaired) electrons. The first-order valence-electron chi connectivity index (χ1n) is 11.2. The van der Waals surface area contributed by atoms with Crippen LogP contribution in [0.3, 0.4) is 0 Å². The molecule has 3 aliphatic rings. The van der Waals surface area contributed by atoms with Gasteiger partial charge in [-0.05, 0) is 80.8 Å². The van der Waals surface area contributed by atoms with Gasteiger partial charge in [-0.25, -0.2) is 9.97 Å². The van der Waals surface area contributed by atoms with E-state index in [4.69, 9.17) is 4.74 Å². The van der Waals surface area contributed by atoms with E-state index in [0.29, 0.717) is 29.6 Å². The second-order valence-electron chi connectivity index (χ2n) is 9.47. The second-order valence-corrected chi connectivity index (χ2v) is 9.47. The van der Waals surface area contributed by atoms with Crippen molar-refractivity contribution in [2.75, 3.05) is 27.2 Å². The fourth-order valence-electron chi connectivity index (χ4n) is 5.57. The van der Waals surface area contributed by atoms with Gasteiger partial charge < -0.3 is 15.0 Å². The van der Waals surface area contributed by atoms with Crippen LogP contribution in [-0.2, 0) is 11.3 Å². The summed E-state index contributed by atoms with van der Waals surface area (Å²) in [6.07, 6.45) is 12.2. The Morgan fingerprint density at radius 2 is 2.03 bits per heavy atom. The maximum Gasteiger partial charge on any atom is 0.257 e. The molecule has 1 aromatic carbocycles. The van der Waals surface area contributed by atoms with E-state index < -0.39 is 0 Å². The molecule has 5 rings (SSSR count). The van der Waals surface area contributed by atoms with Crippen molar-refractivity contribution in [3.63, 3.8) is 0 Å². The number of rotatable bonds is 8. The number of hydrogen-bond acceptors (Lipinski definition) is 5. The summed E-state index contributed by atoms with van der Waals surface area (Å²) in [5, 5.41) is 3.11. The van der Waals surface area contributed by atoms with Crippen LogP contribution < -0.4 is 10.1 Å². The van der Waals surface area contributed by atoms with Gasteiger partial charge in [-0.15, -0.1) is 0 Å². The average molecular weight is 419 g/mol. The van der Waals surface area contributed by atoms with Crippen LogP contribution in [-0.4, -0.2) is 48.0 Å². The lowest BCUT2D eigenvalue weighted by Gasteiger charge is -2.20. The summed E-state index contributed by atoms with van der Waals surface area (Å²) in [6, 6.07) is 7.70. The van der Waals surface area contributed by atoms with E-state index in [1.54, 1.807) is 18.5 Å². The van der Waals surface area contributed by atoms with Crippen molar-refractivity contribution in [1.29, 1.82) is 0 Å². The monoisotopic (exact) mass is 418 g/mol. The van der Waals surface area contributed by atoms with Crippen molar-refractivity contribution in [2.45, 2.75) is 25.8 Å². The quantitative estimate of drug-likeness (QED) is 0.667. The second kappa shape index (κ2) is 8.08. The van der Waals surface area contributed by atoms with Gasteiger partial charge in [0.1, 0.15) is 5.75 Å². The number of aromatic nitrogens is 2. The maximum absolute atomic E-state index is 12.5. The lowest BCUT2D eigenvalue weighted by Crippen LogP contribution is -2.34. The van der Waals surface area contributed by atoms with Gasteiger partial charge in [-0.1, -0.05) is 12.2 Å². The summed E-state index contributed by atoms with van der Waals surface area (Å²) >= 11 is 0. The minimum Gasteiger partial charge on any atom is -0.483 e. The normalized spacial score (nSPS) is 24.7. The minimum absolute atomic E-state index is 0.0312. The van der Waals surface area contributed by atoms with Crippen LogP contribution in [0.15, 0.2) is 48.8 Å². The third-order valence-corrected chi connectivity index (χ3v) is 7.14. The van der Waals surface area contributed by atoms with Gasteiger partial charge in [0.15, 0.2) is 12.4 Å². The van der Waals surface area contributed by atoms with Crippen molar-refractivity contribution in [1.82, 2.24) is 20.2 Å². The zero-order valence-electron chi connectivity index (χ0n) is 18.3. The molecule has 162 valence electrons. The highest BCUT2D eigenvalue weighted by molar-refractivity contribution is 5.77. The summed E-state index contributed by atoms with van der Waals surface area (Å²) in [7, 11) is 4.02. The number of ether oxygens (including phenoxy) is 1. The molecule has 1 amide bonds. The molecule has 31 heavy (non-hydrogen) atoms. The zero-order chi connectivity index (χ0) is 21.4. The van der Waals surface area contributed by atoms with E-state index in [2.05, 4.69) is 32.3 Å². The Labute approximate surface area is 183 Å². The number of hydrogen-bond donors (Lipinski definition) is 1. The summed E-state index contributed by atoms with van der Waals surface area (Å²) in [6.45, 7) is 1.49. The van der Waals surface area contributed by atoms with E-state index in [1.165, 1.54) is 19.3 Å². The number of nitrogens with one attached hydrogen (secondary N) is 1. The van der Waals surface area contributed by atoms with Crippen LogP contribution in [0.4, 0.5) is 0 Å². The highest BCUT2D eigenvalue weighted by atomic mass is 16.5. The molecule has 2 saturated carbocycles. The molecule has 2 bridgehead atoms. The molecule has 3 unspecified atom stereocenters. The van der Waals surface area contributed by atoms with Crippen molar-refractivity contribution < 1.29 is 9.53 Å². The topological polar surface area (TPSA) is 67.3 Å². The predicted octanol–water partition coefficient (Wildman–Crippen LogP) is 3.30. The third-order valence-electron chi connectivity index (χ3n) is 7.14. The molecule has 2 aromatic rings. The first kappa shape index (κ1) is 20.2. The average Bonchev–Trinajstić information content (AvgIpc) is 3.44. The number of carbonyl (C=O) groups is 1. The largest absolute Gasteiger partial charge is 0.483 e. The molecule has 6 heteroatoms. The molecule has 0 saturated heterocycles. The van der Waals surface area contributed by atoms with Gasteiger partial charge in [0.25, 0.3) is 5.91 Å². The Kier molecular flexibility index (Phi) is 5.26. The van der Waals surface area contributed by atoms with Crippen LogP contribution >= 0.6 is 0 Å². The van der Waals surface area contributed by atoms with Gasteiger partial charge in [0.2, 0.25) is 0 Å². The van der Waals surface area contributed by atoms with E-state index in [1.807, 2.05) is 32.3 Å². The highest BCUT2D eigenvalue weighted by Crippen LogP contribution is 2.69. The van der Waals surface area contributed by atoms with Crippen molar-refractivity contribution in [3.8, 4) is 17.1 Å².